The smallest absolute Gasteiger partial charge is 0.256 e. The molecule has 6 heteroatoms. The molecule has 0 radical (unpaired) electrons. The lowest BCUT2D eigenvalue weighted by molar-refractivity contribution is -0.116. The quantitative estimate of drug-likeness (QED) is 0.750. The Labute approximate surface area is 157 Å². The molecule has 134 valence electrons. The van der Waals surface area contributed by atoms with E-state index < -0.39 is 5.54 Å². The Morgan fingerprint density at radius 2 is 2.08 bits per heavy atom. The van der Waals surface area contributed by atoms with Crippen LogP contribution >= 0.6 is 23.2 Å². The van der Waals surface area contributed by atoms with Crippen LogP contribution < -0.4 is 5.32 Å². The Balaban J connectivity index is 1.92. The molecule has 1 saturated carbocycles. The highest BCUT2D eigenvalue weighted by Gasteiger charge is 2.48. The molecule has 1 fully saturated rings. The molecule has 1 amide bonds. The summed E-state index contributed by atoms with van der Waals surface area (Å²) in [6.07, 6.45) is 4.62. The zero-order valence-electron chi connectivity index (χ0n) is 14.1. The Morgan fingerprint density at radius 1 is 1.40 bits per heavy atom. The summed E-state index contributed by atoms with van der Waals surface area (Å²) in [5, 5.41) is 14.8. The third-order valence-electron chi connectivity index (χ3n) is 5.01. The third-order valence-corrected chi connectivity index (χ3v) is 5.52. The van der Waals surface area contributed by atoms with Crippen molar-refractivity contribution < 1.29 is 14.6 Å². The van der Waals surface area contributed by atoms with Crippen molar-refractivity contribution >= 4 is 34.7 Å². The van der Waals surface area contributed by atoms with Crippen molar-refractivity contribution in [3.8, 4) is 0 Å². The average molecular weight is 382 g/mol. The molecule has 0 atom stereocenters. The number of nitrogens with one attached hydrogen (secondary N) is 1. The summed E-state index contributed by atoms with van der Waals surface area (Å²) in [5.41, 5.74) is 0.831. The molecule has 25 heavy (non-hydrogen) atoms. The van der Waals surface area contributed by atoms with Gasteiger partial charge in [0, 0.05) is 10.6 Å². The largest absolute Gasteiger partial charge is 0.509 e. The molecule has 0 bridgehead atoms. The Kier molecular flexibility index (Phi) is 5.14. The van der Waals surface area contributed by atoms with Crippen LogP contribution in [0.15, 0.2) is 30.5 Å². The topological polar surface area (TPSA) is 58.6 Å². The lowest BCUT2D eigenvalue weighted by atomic mass is 9.79. The zero-order valence-corrected chi connectivity index (χ0v) is 15.6. The zero-order chi connectivity index (χ0) is 18.2. The monoisotopic (exact) mass is 381 g/mol. The summed E-state index contributed by atoms with van der Waals surface area (Å²) < 4.78 is 5.70. The van der Waals surface area contributed by atoms with Crippen molar-refractivity contribution in [3.63, 3.8) is 0 Å². The number of amides is 1. The molecular weight excluding hydrogens is 361 g/mol. The first kappa shape index (κ1) is 18.3. The predicted molar refractivity (Wildman–Crippen MR) is 100 cm³/mol. The number of halogens is 2. The van der Waals surface area contributed by atoms with Crippen LogP contribution in [-0.2, 0) is 9.53 Å². The molecule has 4 nitrogen and oxygen atoms in total. The molecular formula is C19H21Cl2NO3. The maximum absolute atomic E-state index is 12.6. The van der Waals surface area contributed by atoms with Gasteiger partial charge in [-0.1, -0.05) is 29.3 Å². The van der Waals surface area contributed by atoms with E-state index in [-0.39, 0.29) is 23.3 Å². The molecule has 1 aromatic carbocycles. The standard InChI is InChI=1S/C19H21Cl2NO3/c1-3-8-25-13-4-6-19(7-5-13)17(23)16(18(24)22-19)15-11(2)9-12(20)10-14(15)21/h3,9-10,13,23H,1,4-8H2,2H3,(H,22,24). The molecule has 3 rings (SSSR count). The van der Waals surface area contributed by atoms with E-state index in [1.54, 1.807) is 18.2 Å². The number of carbonyl (C=O) groups is 1. The number of rotatable bonds is 4. The maximum atomic E-state index is 12.6. The minimum atomic E-state index is -0.726. The van der Waals surface area contributed by atoms with Crippen molar-refractivity contribution in [2.45, 2.75) is 44.2 Å². The number of aryl methyl sites for hydroxylation is 1. The van der Waals surface area contributed by atoms with Gasteiger partial charge >= 0.3 is 0 Å². The fourth-order valence-electron chi connectivity index (χ4n) is 3.75. The van der Waals surface area contributed by atoms with Crippen LogP contribution in [0, 0.1) is 6.92 Å². The Morgan fingerprint density at radius 3 is 2.68 bits per heavy atom. The number of benzene rings is 1. The van der Waals surface area contributed by atoms with Gasteiger partial charge in [0.15, 0.2) is 0 Å². The number of aliphatic hydroxyl groups excluding tert-OH is 1. The summed E-state index contributed by atoms with van der Waals surface area (Å²) >= 11 is 12.3. The predicted octanol–water partition coefficient (Wildman–Crippen LogP) is 4.58. The normalized spacial score (nSPS) is 26.2. The van der Waals surface area contributed by atoms with Gasteiger partial charge in [-0.15, -0.1) is 6.58 Å². The number of carbonyl (C=O) groups excluding carboxylic acids is 1. The van der Waals surface area contributed by atoms with Gasteiger partial charge in [-0.3, -0.25) is 4.79 Å². The molecule has 1 aromatic rings. The van der Waals surface area contributed by atoms with Crippen LogP contribution in [0.25, 0.3) is 5.57 Å². The van der Waals surface area contributed by atoms with Gasteiger partial charge in [0.25, 0.3) is 5.91 Å². The summed E-state index contributed by atoms with van der Waals surface area (Å²) in [6, 6.07) is 3.32. The van der Waals surface area contributed by atoms with E-state index in [1.165, 1.54) is 0 Å². The summed E-state index contributed by atoms with van der Waals surface area (Å²) in [6.45, 7) is 5.99. The number of hydrogen-bond acceptors (Lipinski definition) is 3. The van der Waals surface area contributed by atoms with Crippen LogP contribution in [-0.4, -0.2) is 29.3 Å². The minimum absolute atomic E-state index is 0.0759. The first-order valence-corrected chi connectivity index (χ1v) is 9.08. The van der Waals surface area contributed by atoms with Gasteiger partial charge in [0.05, 0.1) is 28.8 Å². The van der Waals surface area contributed by atoms with E-state index in [9.17, 15) is 9.90 Å². The second kappa shape index (κ2) is 7.02. The van der Waals surface area contributed by atoms with E-state index in [1.807, 2.05) is 6.92 Å². The lowest BCUT2D eigenvalue weighted by Crippen LogP contribution is -2.48. The summed E-state index contributed by atoms with van der Waals surface area (Å²) in [7, 11) is 0. The van der Waals surface area contributed by atoms with Gasteiger partial charge in [-0.2, -0.15) is 0 Å². The molecule has 0 saturated heterocycles. The first-order valence-electron chi connectivity index (χ1n) is 8.32. The van der Waals surface area contributed by atoms with Gasteiger partial charge in [-0.05, 0) is 50.3 Å². The molecule has 0 aromatic heterocycles. The SMILES string of the molecule is C=CCOC1CCC2(CC1)NC(=O)C(c1c(C)cc(Cl)cc1Cl)=C2O. The number of aliphatic hydroxyl groups is 1. The van der Waals surface area contributed by atoms with Crippen LogP contribution in [0.1, 0.15) is 36.8 Å². The second-order valence-corrected chi connectivity index (χ2v) is 7.50. The fourth-order valence-corrected chi connectivity index (χ4v) is 4.44. The van der Waals surface area contributed by atoms with Crippen LogP contribution in [0.2, 0.25) is 10.0 Å². The lowest BCUT2D eigenvalue weighted by Gasteiger charge is -2.37. The van der Waals surface area contributed by atoms with Gasteiger partial charge < -0.3 is 15.2 Å². The van der Waals surface area contributed by atoms with E-state index in [0.717, 1.165) is 18.4 Å². The molecule has 0 unspecified atom stereocenters. The Bertz CT molecular complexity index is 726. The van der Waals surface area contributed by atoms with Gasteiger partial charge in [-0.25, -0.2) is 0 Å². The fraction of sp³-hybridized carbons (Fsp3) is 0.421. The molecule has 1 spiro atoms. The number of ether oxygens (including phenoxy) is 1. The number of hydrogen-bond donors (Lipinski definition) is 2. The maximum Gasteiger partial charge on any atom is 0.256 e. The molecule has 1 heterocycles. The first-order chi connectivity index (χ1) is 11.9. The van der Waals surface area contributed by atoms with Crippen molar-refractivity contribution in [1.82, 2.24) is 5.32 Å². The molecule has 2 aliphatic rings. The molecule has 1 aliphatic heterocycles. The third kappa shape index (κ3) is 3.31. The second-order valence-electron chi connectivity index (χ2n) is 6.66. The van der Waals surface area contributed by atoms with Crippen LogP contribution in [0.3, 0.4) is 0 Å². The Hall–Kier alpha value is -1.49. The highest BCUT2D eigenvalue weighted by atomic mass is 35.5. The van der Waals surface area contributed by atoms with Crippen molar-refractivity contribution in [2.24, 2.45) is 0 Å². The van der Waals surface area contributed by atoms with Crippen LogP contribution in [0.4, 0.5) is 0 Å². The van der Waals surface area contributed by atoms with Crippen molar-refractivity contribution in [1.29, 1.82) is 0 Å². The van der Waals surface area contributed by atoms with Gasteiger partial charge in [0.2, 0.25) is 0 Å². The summed E-state index contributed by atoms with van der Waals surface area (Å²) in [4.78, 5) is 12.6. The molecule has 1 aliphatic carbocycles. The van der Waals surface area contributed by atoms with E-state index in [2.05, 4.69) is 11.9 Å². The van der Waals surface area contributed by atoms with E-state index in [0.29, 0.717) is 35.1 Å². The van der Waals surface area contributed by atoms with Crippen molar-refractivity contribution in [2.75, 3.05) is 6.61 Å². The van der Waals surface area contributed by atoms with Crippen molar-refractivity contribution in [3.05, 3.63) is 51.7 Å². The highest BCUT2D eigenvalue weighted by molar-refractivity contribution is 6.38. The molecule has 2 N–H and O–H groups in total. The van der Waals surface area contributed by atoms with Gasteiger partial charge in [0.1, 0.15) is 5.76 Å². The van der Waals surface area contributed by atoms with E-state index >= 15 is 0 Å². The average Bonchev–Trinajstić information content (AvgIpc) is 2.78. The van der Waals surface area contributed by atoms with E-state index in [4.69, 9.17) is 27.9 Å². The van der Waals surface area contributed by atoms with Crippen LogP contribution in [0.5, 0.6) is 0 Å². The summed E-state index contributed by atoms with van der Waals surface area (Å²) in [5.74, 6) is -0.220. The minimum Gasteiger partial charge on any atom is -0.509 e. The highest BCUT2D eigenvalue weighted by Crippen LogP contribution is 2.44.